The number of carbonyl (C=O) groups is 4. The zero-order valence-corrected chi connectivity index (χ0v) is 20.6. The van der Waals surface area contributed by atoms with Gasteiger partial charge in [0.25, 0.3) is 11.8 Å². The molecular formula is C25H26N4O5S. The van der Waals surface area contributed by atoms with Gasteiger partial charge in [-0.2, -0.15) is 0 Å². The molecule has 0 atom stereocenters. The van der Waals surface area contributed by atoms with Crippen LogP contribution in [0.25, 0.3) is 0 Å². The third-order valence-corrected chi connectivity index (χ3v) is 6.21. The predicted molar refractivity (Wildman–Crippen MR) is 135 cm³/mol. The summed E-state index contributed by atoms with van der Waals surface area (Å²) in [6.07, 6.45) is -0.399. The van der Waals surface area contributed by atoms with E-state index in [0.29, 0.717) is 27.0 Å². The number of carbonyl (C=O) groups excluding carboxylic acids is 3. The van der Waals surface area contributed by atoms with E-state index >= 15 is 0 Å². The molecule has 0 spiro atoms. The van der Waals surface area contributed by atoms with Crippen molar-refractivity contribution in [1.82, 2.24) is 4.98 Å². The van der Waals surface area contributed by atoms with Crippen LogP contribution >= 0.6 is 11.3 Å². The average Bonchev–Trinajstić information content (AvgIpc) is 3.15. The monoisotopic (exact) mass is 494 g/mol. The minimum absolute atomic E-state index is 0.139. The van der Waals surface area contributed by atoms with Crippen molar-refractivity contribution >= 4 is 51.5 Å². The van der Waals surface area contributed by atoms with Gasteiger partial charge in [-0.25, -0.2) is 4.98 Å². The van der Waals surface area contributed by atoms with E-state index in [4.69, 9.17) is 5.11 Å². The molecule has 0 aliphatic carbocycles. The fourth-order valence-electron chi connectivity index (χ4n) is 3.53. The second-order valence-electron chi connectivity index (χ2n) is 8.13. The largest absolute Gasteiger partial charge is 0.481 e. The number of benzene rings is 2. The zero-order valence-electron chi connectivity index (χ0n) is 19.8. The normalized spacial score (nSPS) is 10.5. The van der Waals surface area contributed by atoms with Crippen LogP contribution in [0, 0.1) is 27.7 Å². The Hall–Kier alpha value is -4.05. The Morgan fingerprint density at radius 1 is 0.857 bits per heavy atom. The molecule has 3 rings (SSSR count). The summed E-state index contributed by atoms with van der Waals surface area (Å²) >= 11 is 1.08. The standard InChI is InChI=1S/C25H26N4O5S/c1-13-11-14(2)21(15(3)12-13)28-24(34)22-16(4)26-25(35-22)29-23(33)17-5-7-18(8-6-17)27-19(30)9-10-20(31)32/h5-8,11-12H,9-10H2,1-4H3,(H,27,30)(H,28,34)(H,31,32)(H,26,29,33). The number of carboxylic acid groups (broad SMARTS) is 1. The minimum atomic E-state index is -1.05. The Morgan fingerprint density at radius 2 is 1.49 bits per heavy atom. The van der Waals surface area contributed by atoms with Crippen LogP contribution in [0.5, 0.6) is 0 Å². The fourth-order valence-corrected chi connectivity index (χ4v) is 4.38. The molecule has 0 aliphatic heterocycles. The van der Waals surface area contributed by atoms with E-state index in [0.717, 1.165) is 33.7 Å². The summed E-state index contributed by atoms with van der Waals surface area (Å²) in [5.41, 5.74) is 5.09. The summed E-state index contributed by atoms with van der Waals surface area (Å²) in [7, 11) is 0. The first-order valence-corrected chi connectivity index (χ1v) is 11.6. The van der Waals surface area contributed by atoms with Crippen molar-refractivity contribution in [2.24, 2.45) is 0 Å². The van der Waals surface area contributed by atoms with Crippen LogP contribution in [0.2, 0.25) is 0 Å². The highest BCUT2D eigenvalue weighted by molar-refractivity contribution is 7.17. The number of amides is 3. The van der Waals surface area contributed by atoms with Gasteiger partial charge in [-0.15, -0.1) is 0 Å². The third kappa shape index (κ3) is 6.73. The van der Waals surface area contributed by atoms with Crippen LogP contribution < -0.4 is 16.0 Å². The van der Waals surface area contributed by atoms with Crippen molar-refractivity contribution in [3.8, 4) is 0 Å². The smallest absolute Gasteiger partial charge is 0.303 e. The summed E-state index contributed by atoms with van der Waals surface area (Å²) in [5, 5.41) is 17.2. The average molecular weight is 495 g/mol. The maximum atomic E-state index is 12.9. The quantitative estimate of drug-likeness (QED) is 0.359. The Kier molecular flexibility index (Phi) is 7.98. The third-order valence-electron chi connectivity index (χ3n) is 5.14. The molecular weight excluding hydrogens is 468 g/mol. The van der Waals surface area contributed by atoms with Gasteiger partial charge in [0.15, 0.2) is 5.13 Å². The zero-order chi connectivity index (χ0) is 25.7. The lowest BCUT2D eigenvalue weighted by Crippen LogP contribution is -2.14. The van der Waals surface area contributed by atoms with Gasteiger partial charge in [-0.05, 0) is 63.1 Å². The van der Waals surface area contributed by atoms with Crippen LogP contribution in [-0.2, 0) is 9.59 Å². The van der Waals surface area contributed by atoms with Gasteiger partial charge < -0.3 is 15.7 Å². The molecule has 0 unspecified atom stereocenters. The number of anilines is 3. The molecule has 0 saturated heterocycles. The number of aliphatic carboxylic acids is 1. The van der Waals surface area contributed by atoms with Crippen molar-refractivity contribution in [2.75, 3.05) is 16.0 Å². The van der Waals surface area contributed by atoms with E-state index in [1.165, 1.54) is 12.1 Å². The molecule has 0 aliphatic rings. The van der Waals surface area contributed by atoms with Gasteiger partial charge >= 0.3 is 5.97 Å². The van der Waals surface area contributed by atoms with Gasteiger partial charge in [0.2, 0.25) is 5.91 Å². The van der Waals surface area contributed by atoms with E-state index in [1.54, 1.807) is 19.1 Å². The summed E-state index contributed by atoms with van der Waals surface area (Å²) in [6, 6.07) is 10.1. The highest BCUT2D eigenvalue weighted by Crippen LogP contribution is 2.27. The molecule has 35 heavy (non-hydrogen) atoms. The lowest BCUT2D eigenvalue weighted by Gasteiger charge is -2.12. The van der Waals surface area contributed by atoms with E-state index in [2.05, 4.69) is 20.9 Å². The molecule has 2 aromatic carbocycles. The number of aromatic nitrogens is 1. The molecule has 10 heteroatoms. The van der Waals surface area contributed by atoms with Crippen molar-refractivity contribution < 1.29 is 24.3 Å². The molecule has 0 radical (unpaired) electrons. The van der Waals surface area contributed by atoms with Crippen LogP contribution in [0.4, 0.5) is 16.5 Å². The van der Waals surface area contributed by atoms with Crippen molar-refractivity contribution in [1.29, 1.82) is 0 Å². The maximum absolute atomic E-state index is 12.9. The Bertz CT molecular complexity index is 1270. The fraction of sp³-hybridized carbons (Fsp3) is 0.240. The maximum Gasteiger partial charge on any atom is 0.303 e. The van der Waals surface area contributed by atoms with Gasteiger partial charge in [-0.1, -0.05) is 29.0 Å². The molecule has 0 fully saturated rings. The Balaban J connectivity index is 1.64. The van der Waals surface area contributed by atoms with E-state index < -0.39 is 17.8 Å². The van der Waals surface area contributed by atoms with Gasteiger partial charge in [0, 0.05) is 23.4 Å². The lowest BCUT2D eigenvalue weighted by molar-refractivity contribution is -0.138. The molecule has 9 nitrogen and oxygen atoms in total. The molecule has 0 bridgehead atoms. The lowest BCUT2D eigenvalue weighted by atomic mass is 10.1. The van der Waals surface area contributed by atoms with Crippen LogP contribution in [0.3, 0.4) is 0 Å². The first-order valence-electron chi connectivity index (χ1n) is 10.8. The summed E-state index contributed by atoms with van der Waals surface area (Å²) in [6.45, 7) is 7.58. The Labute approximate surface area is 206 Å². The molecule has 1 aromatic heterocycles. The number of nitrogens with one attached hydrogen (secondary N) is 3. The predicted octanol–water partition coefficient (Wildman–Crippen LogP) is 4.68. The number of rotatable bonds is 8. The van der Waals surface area contributed by atoms with Gasteiger partial charge in [0.1, 0.15) is 4.88 Å². The minimum Gasteiger partial charge on any atom is -0.481 e. The molecule has 0 saturated carbocycles. The van der Waals surface area contributed by atoms with Gasteiger partial charge in [-0.3, -0.25) is 24.5 Å². The second kappa shape index (κ2) is 10.9. The molecule has 1 heterocycles. The number of nitrogens with zero attached hydrogens (tertiary/aromatic N) is 1. The van der Waals surface area contributed by atoms with E-state index in [9.17, 15) is 19.2 Å². The first kappa shape index (κ1) is 25.6. The van der Waals surface area contributed by atoms with Crippen LogP contribution in [0.15, 0.2) is 36.4 Å². The topological polar surface area (TPSA) is 137 Å². The summed E-state index contributed by atoms with van der Waals surface area (Å²) < 4.78 is 0. The molecule has 3 amide bonds. The van der Waals surface area contributed by atoms with Crippen molar-refractivity contribution in [3.63, 3.8) is 0 Å². The highest BCUT2D eigenvalue weighted by atomic mass is 32.1. The van der Waals surface area contributed by atoms with Crippen molar-refractivity contribution in [2.45, 2.75) is 40.5 Å². The van der Waals surface area contributed by atoms with Gasteiger partial charge in [0.05, 0.1) is 12.1 Å². The molecule has 182 valence electrons. The number of thiazole rings is 1. The number of carboxylic acids is 1. The number of aryl methyl sites for hydroxylation is 4. The number of hydrogen-bond acceptors (Lipinski definition) is 6. The Morgan fingerprint density at radius 3 is 2.09 bits per heavy atom. The number of hydrogen-bond donors (Lipinski definition) is 4. The van der Waals surface area contributed by atoms with Crippen LogP contribution in [-0.4, -0.2) is 33.8 Å². The van der Waals surface area contributed by atoms with Crippen LogP contribution in [0.1, 0.15) is 55.3 Å². The highest BCUT2D eigenvalue weighted by Gasteiger charge is 2.19. The summed E-state index contributed by atoms with van der Waals surface area (Å²) in [4.78, 5) is 52.5. The van der Waals surface area contributed by atoms with Crippen molar-refractivity contribution in [3.05, 3.63) is 69.2 Å². The molecule has 4 N–H and O–H groups in total. The summed E-state index contributed by atoms with van der Waals surface area (Å²) in [5.74, 6) is -2.19. The molecule has 3 aromatic rings. The SMILES string of the molecule is Cc1cc(C)c(NC(=O)c2sc(NC(=O)c3ccc(NC(=O)CCC(=O)O)cc3)nc2C)c(C)c1. The van der Waals surface area contributed by atoms with E-state index in [1.807, 2.05) is 32.9 Å². The van der Waals surface area contributed by atoms with E-state index in [-0.39, 0.29) is 18.7 Å². The first-order chi connectivity index (χ1) is 16.5. The second-order valence-corrected chi connectivity index (χ2v) is 9.13.